The van der Waals surface area contributed by atoms with E-state index in [-0.39, 0.29) is 0 Å². The summed E-state index contributed by atoms with van der Waals surface area (Å²) < 4.78 is 5.30. The third-order valence-electron chi connectivity index (χ3n) is 2.89. The fourth-order valence-electron chi connectivity index (χ4n) is 1.92. The largest absolute Gasteiger partial charge is 0.477 e. The molecule has 1 saturated heterocycles. The molecule has 5 heteroatoms. The van der Waals surface area contributed by atoms with Gasteiger partial charge in [-0.05, 0) is 25.0 Å². The molecule has 2 heterocycles. The minimum Gasteiger partial charge on any atom is -0.477 e. The summed E-state index contributed by atoms with van der Waals surface area (Å²) in [5, 5.41) is 9.90. The number of carboxylic acids is 1. The molecule has 0 aliphatic carbocycles. The Balaban J connectivity index is 2.00. The van der Waals surface area contributed by atoms with Gasteiger partial charge in [0.1, 0.15) is 4.88 Å². The molecule has 1 fully saturated rings. The number of hydrogen-bond acceptors (Lipinski definition) is 4. The molecule has 16 heavy (non-hydrogen) atoms. The van der Waals surface area contributed by atoms with E-state index in [0.717, 1.165) is 30.9 Å². The molecule has 0 aromatic carbocycles. The number of hydrogen-bond donors (Lipinski definition) is 1. The maximum absolute atomic E-state index is 10.8. The van der Waals surface area contributed by atoms with Crippen LogP contribution in [0.4, 0.5) is 5.00 Å². The van der Waals surface area contributed by atoms with E-state index >= 15 is 0 Å². The molecule has 0 bridgehead atoms. The molecule has 0 spiro atoms. The lowest BCUT2D eigenvalue weighted by Crippen LogP contribution is -2.36. The van der Waals surface area contributed by atoms with Crippen LogP contribution in [0.5, 0.6) is 0 Å². The summed E-state index contributed by atoms with van der Waals surface area (Å²) >= 11 is 1.34. The Bertz CT molecular complexity index is 369. The molecule has 0 amide bonds. The van der Waals surface area contributed by atoms with Crippen molar-refractivity contribution in [3.05, 3.63) is 17.0 Å². The minimum atomic E-state index is -0.844. The van der Waals surface area contributed by atoms with E-state index in [2.05, 4.69) is 4.90 Å². The Morgan fingerprint density at radius 2 is 2.19 bits per heavy atom. The van der Waals surface area contributed by atoms with Crippen LogP contribution in [0, 0.1) is 0 Å². The van der Waals surface area contributed by atoms with Crippen LogP contribution < -0.4 is 4.90 Å². The zero-order valence-electron chi connectivity index (χ0n) is 9.18. The lowest BCUT2D eigenvalue weighted by Gasteiger charge is -2.31. The van der Waals surface area contributed by atoms with Crippen LogP contribution in [0.3, 0.4) is 0 Å². The van der Waals surface area contributed by atoms with E-state index < -0.39 is 5.97 Å². The van der Waals surface area contributed by atoms with Crippen molar-refractivity contribution in [3.63, 3.8) is 0 Å². The van der Waals surface area contributed by atoms with Crippen molar-refractivity contribution in [1.29, 1.82) is 0 Å². The maximum atomic E-state index is 10.8. The highest BCUT2D eigenvalue weighted by molar-refractivity contribution is 7.17. The van der Waals surface area contributed by atoms with Crippen LogP contribution in [0.2, 0.25) is 0 Å². The first-order valence-corrected chi connectivity index (χ1v) is 6.13. The highest BCUT2D eigenvalue weighted by Crippen LogP contribution is 2.28. The number of methoxy groups -OCH3 is 1. The third kappa shape index (κ3) is 2.36. The average Bonchev–Trinajstić information content (AvgIpc) is 2.78. The Morgan fingerprint density at radius 1 is 1.50 bits per heavy atom. The third-order valence-corrected chi connectivity index (χ3v) is 4.02. The number of thiophene rings is 1. The smallest absolute Gasteiger partial charge is 0.345 e. The van der Waals surface area contributed by atoms with Crippen LogP contribution in [-0.4, -0.2) is 37.4 Å². The van der Waals surface area contributed by atoms with Gasteiger partial charge in [0, 0.05) is 20.2 Å². The van der Waals surface area contributed by atoms with Crippen LogP contribution >= 0.6 is 11.3 Å². The SMILES string of the molecule is COC1CCN(c2ccc(C(=O)O)s2)CC1. The van der Waals surface area contributed by atoms with Gasteiger partial charge in [-0.1, -0.05) is 0 Å². The van der Waals surface area contributed by atoms with Gasteiger partial charge in [0.15, 0.2) is 0 Å². The first kappa shape index (κ1) is 11.4. The number of ether oxygens (including phenoxy) is 1. The topological polar surface area (TPSA) is 49.8 Å². The summed E-state index contributed by atoms with van der Waals surface area (Å²) in [6.07, 6.45) is 2.38. The molecule has 0 unspecified atom stereocenters. The lowest BCUT2D eigenvalue weighted by molar-refractivity contribution is 0.0702. The van der Waals surface area contributed by atoms with Gasteiger partial charge in [-0.2, -0.15) is 0 Å². The van der Waals surface area contributed by atoms with Gasteiger partial charge >= 0.3 is 5.97 Å². The summed E-state index contributed by atoms with van der Waals surface area (Å²) in [5.41, 5.74) is 0. The van der Waals surface area contributed by atoms with Gasteiger partial charge in [0.2, 0.25) is 0 Å². The van der Waals surface area contributed by atoms with E-state index in [1.54, 1.807) is 13.2 Å². The fourth-order valence-corrected chi connectivity index (χ4v) is 2.82. The highest BCUT2D eigenvalue weighted by Gasteiger charge is 2.20. The van der Waals surface area contributed by atoms with Crippen molar-refractivity contribution in [1.82, 2.24) is 0 Å². The second-order valence-corrected chi connectivity index (χ2v) is 4.93. The van der Waals surface area contributed by atoms with Crippen molar-refractivity contribution >= 4 is 22.3 Å². The Morgan fingerprint density at radius 3 is 2.69 bits per heavy atom. The molecule has 0 atom stereocenters. The van der Waals surface area contributed by atoms with Gasteiger partial charge in [-0.3, -0.25) is 0 Å². The normalized spacial score (nSPS) is 17.7. The maximum Gasteiger partial charge on any atom is 0.345 e. The molecule has 1 aromatic rings. The summed E-state index contributed by atoms with van der Waals surface area (Å²) in [6, 6.07) is 3.56. The van der Waals surface area contributed by atoms with Crippen LogP contribution in [0.1, 0.15) is 22.5 Å². The van der Waals surface area contributed by atoms with Crippen molar-refractivity contribution in [3.8, 4) is 0 Å². The Labute approximate surface area is 98.4 Å². The van der Waals surface area contributed by atoms with E-state index in [0.29, 0.717) is 11.0 Å². The molecule has 88 valence electrons. The van der Waals surface area contributed by atoms with Gasteiger partial charge in [-0.15, -0.1) is 11.3 Å². The van der Waals surface area contributed by atoms with Gasteiger partial charge in [0.25, 0.3) is 0 Å². The second-order valence-electron chi connectivity index (χ2n) is 3.87. The molecule has 1 aliphatic heterocycles. The molecule has 1 aliphatic rings. The first-order chi connectivity index (χ1) is 7.70. The van der Waals surface area contributed by atoms with E-state index in [1.165, 1.54) is 11.3 Å². The Kier molecular flexibility index (Phi) is 3.46. The van der Waals surface area contributed by atoms with Crippen molar-refractivity contribution in [2.24, 2.45) is 0 Å². The molecular formula is C11H15NO3S. The Hall–Kier alpha value is -1.07. The number of piperidine rings is 1. The van der Waals surface area contributed by atoms with Crippen molar-refractivity contribution < 1.29 is 14.6 Å². The van der Waals surface area contributed by atoms with Gasteiger partial charge in [-0.25, -0.2) is 4.79 Å². The molecule has 0 saturated carbocycles. The van der Waals surface area contributed by atoms with Crippen molar-refractivity contribution in [2.45, 2.75) is 18.9 Å². The zero-order chi connectivity index (χ0) is 11.5. The van der Waals surface area contributed by atoms with E-state index in [9.17, 15) is 4.79 Å². The van der Waals surface area contributed by atoms with E-state index in [1.807, 2.05) is 6.07 Å². The van der Waals surface area contributed by atoms with Gasteiger partial charge < -0.3 is 14.7 Å². The number of carboxylic acid groups (broad SMARTS) is 1. The lowest BCUT2D eigenvalue weighted by atomic mass is 10.1. The molecule has 4 nitrogen and oxygen atoms in total. The standard InChI is InChI=1S/C11H15NO3S/c1-15-8-4-6-12(7-5-8)10-3-2-9(16-10)11(13)14/h2-3,8H,4-7H2,1H3,(H,13,14). The predicted molar refractivity (Wildman–Crippen MR) is 63.5 cm³/mol. The zero-order valence-corrected chi connectivity index (χ0v) is 10.00. The fraction of sp³-hybridized carbons (Fsp3) is 0.545. The molecule has 1 N–H and O–H groups in total. The molecule has 2 rings (SSSR count). The summed E-state index contributed by atoms with van der Waals surface area (Å²) in [6.45, 7) is 1.89. The van der Waals surface area contributed by atoms with Crippen LogP contribution in [0.25, 0.3) is 0 Å². The van der Waals surface area contributed by atoms with E-state index in [4.69, 9.17) is 9.84 Å². The van der Waals surface area contributed by atoms with Crippen LogP contribution in [-0.2, 0) is 4.74 Å². The molecule has 1 aromatic heterocycles. The summed E-state index contributed by atoms with van der Waals surface area (Å²) in [7, 11) is 1.74. The number of nitrogens with zero attached hydrogens (tertiary/aromatic N) is 1. The van der Waals surface area contributed by atoms with Gasteiger partial charge in [0.05, 0.1) is 11.1 Å². The van der Waals surface area contributed by atoms with Crippen LogP contribution in [0.15, 0.2) is 12.1 Å². The molecule has 0 radical (unpaired) electrons. The van der Waals surface area contributed by atoms with Crippen molar-refractivity contribution in [2.75, 3.05) is 25.1 Å². The predicted octanol–water partition coefficient (Wildman–Crippen LogP) is 2.06. The monoisotopic (exact) mass is 241 g/mol. The molecular weight excluding hydrogens is 226 g/mol. The first-order valence-electron chi connectivity index (χ1n) is 5.31. The minimum absolute atomic E-state index is 0.357. The number of rotatable bonds is 3. The summed E-state index contributed by atoms with van der Waals surface area (Å²) in [5.74, 6) is -0.844. The number of carbonyl (C=O) groups is 1. The average molecular weight is 241 g/mol. The number of anilines is 1. The highest BCUT2D eigenvalue weighted by atomic mass is 32.1. The summed E-state index contributed by atoms with van der Waals surface area (Å²) in [4.78, 5) is 13.4. The second kappa shape index (κ2) is 4.84. The number of aromatic carboxylic acids is 1. The quantitative estimate of drug-likeness (QED) is 0.880.